The molecule has 1 aromatic carbocycles. The molecule has 0 radical (unpaired) electrons. The minimum Gasteiger partial charge on any atom is -0.489 e. The maximum Gasteiger partial charge on any atom is 0.259 e. The molecule has 0 atom stereocenters. The van der Waals surface area contributed by atoms with Crippen LogP contribution >= 0.6 is 11.3 Å². The molecule has 0 unspecified atom stereocenters. The predicted octanol–water partition coefficient (Wildman–Crippen LogP) is 4.59. The summed E-state index contributed by atoms with van der Waals surface area (Å²) >= 11 is 1.57. The van der Waals surface area contributed by atoms with Crippen molar-refractivity contribution < 1.29 is 13.9 Å². The summed E-state index contributed by atoms with van der Waals surface area (Å²) in [6.45, 7) is 2.79. The zero-order valence-corrected chi connectivity index (χ0v) is 13.7. The molecule has 120 valence electrons. The number of thiophene rings is 1. The van der Waals surface area contributed by atoms with Gasteiger partial charge in [0, 0.05) is 12.1 Å². The number of ether oxygens (including phenoxy) is 1. The quantitative estimate of drug-likeness (QED) is 0.802. The number of hydrogen-bond acceptors (Lipinski definition) is 3. The molecule has 1 aliphatic rings. The number of hydrogen-bond donors (Lipinski definition) is 0. The van der Waals surface area contributed by atoms with Gasteiger partial charge in [0.25, 0.3) is 5.91 Å². The Labute approximate surface area is 139 Å². The lowest BCUT2D eigenvalue weighted by Crippen LogP contribution is -2.37. The summed E-state index contributed by atoms with van der Waals surface area (Å²) in [4.78, 5) is 14.4. The summed E-state index contributed by atoms with van der Waals surface area (Å²) in [5, 5.41) is 2.94. The molecule has 0 fully saturated rings. The van der Waals surface area contributed by atoms with Crippen LogP contribution in [0.3, 0.4) is 0 Å². The third-order valence-electron chi connectivity index (χ3n) is 3.96. The van der Waals surface area contributed by atoms with Gasteiger partial charge in [0.2, 0.25) is 0 Å². The van der Waals surface area contributed by atoms with Crippen molar-refractivity contribution in [1.29, 1.82) is 0 Å². The van der Waals surface area contributed by atoms with Crippen LogP contribution in [0.2, 0.25) is 0 Å². The molecule has 0 spiro atoms. The Morgan fingerprint density at radius 2 is 2.30 bits per heavy atom. The number of amides is 1. The van der Waals surface area contributed by atoms with Crippen LogP contribution < -0.4 is 9.64 Å². The molecule has 5 heteroatoms. The average molecular weight is 331 g/mol. The largest absolute Gasteiger partial charge is 0.489 e. The van der Waals surface area contributed by atoms with Gasteiger partial charge in [-0.05, 0) is 59.7 Å². The Morgan fingerprint density at radius 1 is 1.43 bits per heavy atom. The van der Waals surface area contributed by atoms with Crippen LogP contribution in [0, 0.1) is 0 Å². The highest BCUT2D eigenvalue weighted by molar-refractivity contribution is 7.14. The Balaban J connectivity index is 1.76. The van der Waals surface area contributed by atoms with Gasteiger partial charge in [-0.25, -0.2) is 4.39 Å². The van der Waals surface area contributed by atoms with Crippen molar-refractivity contribution in [2.75, 3.05) is 18.1 Å². The van der Waals surface area contributed by atoms with E-state index < -0.39 is 0 Å². The fraction of sp³-hybridized carbons (Fsp3) is 0.278. The van der Waals surface area contributed by atoms with E-state index in [-0.39, 0.29) is 12.5 Å². The van der Waals surface area contributed by atoms with E-state index in [4.69, 9.17) is 4.74 Å². The highest BCUT2D eigenvalue weighted by Crippen LogP contribution is 2.30. The van der Waals surface area contributed by atoms with Crippen molar-refractivity contribution in [3.8, 4) is 5.75 Å². The van der Waals surface area contributed by atoms with Crippen molar-refractivity contribution in [1.82, 2.24) is 0 Å². The number of carbonyl (C=O) groups is 1. The lowest BCUT2D eigenvalue weighted by molar-refractivity contribution is 0.0981. The molecule has 3 nitrogen and oxygen atoms in total. The van der Waals surface area contributed by atoms with Crippen molar-refractivity contribution >= 4 is 22.2 Å². The first-order valence-electron chi connectivity index (χ1n) is 7.62. The first-order valence-corrected chi connectivity index (χ1v) is 8.50. The van der Waals surface area contributed by atoms with Gasteiger partial charge in [-0.15, -0.1) is 11.3 Å². The van der Waals surface area contributed by atoms with Gasteiger partial charge in [0.1, 0.15) is 12.4 Å². The first-order chi connectivity index (χ1) is 11.2. The molecule has 0 bridgehead atoms. The van der Waals surface area contributed by atoms with Crippen molar-refractivity contribution in [2.24, 2.45) is 0 Å². The Bertz CT molecular complexity index is 725. The molecule has 2 aromatic rings. The fourth-order valence-electron chi connectivity index (χ4n) is 2.58. The number of benzene rings is 1. The highest BCUT2D eigenvalue weighted by Gasteiger charge is 2.26. The SMILES string of the molecule is CC/C(=C\F)COc1ccc2c(c1)CCN(c1cccs1)C2=O. The molecular weight excluding hydrogens is 313 g/mol. The lowest BCUT2D eigenvalue weighted by atomic mass is 9.99. The zero-order valence-electron chi connectivity index (χ0n) is 12.9. The van der Waals surface area contributed by atoms with Gasteiger partial charge in [-0.3, -0.25) is 9.69 Å². The number of halogens is 1. The Kier molecular flexibility index (Phi) is 4.76. The van der Waals surface area contributed by atoms with Crippen LogP contribution in [-0.2, 0) is 6.42 Å². The third-order valence-corrected chi connectivity index (χ3v) is 4.85. The maximum absolute atomic E-state index is 12.6. The van der Waals surface area contributed by atoms with Crippen molar-refractivity contribution in [3.63, 3.8) is 0 Å². The van der Waals surface area contributed by atoms with Gasteiger partial charge < -0.3 is 4.74 Å². The van der Waals surface area contributed by atoms with Crippen molar-refractivity contribution in [3.05, 3.63) is 58.7 Å². The maximum atomic E-state index is 12.6. The normalized spacial score (nSPS) is 14.8. The average Bonchev–Trinajstić information content (AvgIpc) is 3.10. The van der Waals surface area contributed by atoms with Crippen LogP contribution in [0.4, 0.5) is 9.39 Å². The molecule has 0 N–H and O–H groups in total. The number of carbonyl (C=O) groups excluding carboxylic acids is 1. The molecule has 2 heterocycles. The van der Waals surface area contributed by atoms with E-state index in [1.807, 2.05) is 35.4 Å². The van der Waals surface area contributed by atoms with E-state index in [2.05, 4.69) is 0 Å². The van der Waals surface area contributed by atoms with Crippen LogP contribution in [0.1, 0.15) is 29.3 Å². The summed E-state index contributed by atoms with van der Waals surface area (Å²) in [6.07, 6.45) is 2.01. The minimum atomic E-state index is 0.0261. The summed E-state index contributed by atoms with van der Waals surface area (Å²) in [5.74, 6) is 0.701. The Hall–Kier alpha value is -2.14. The van der Waals surface area contributed by atoms with E-state index in [0.29, 0.717) is 36.2 Å². The van der Waals surface area contributed by atoms with Gasteiger partial charge in [0.15, 0.2) is 0 Å². The molecule has 3 rings (SSSR count). The van der Waals surface area contributed by atoms with E-state index in [9.17, 15) is 9.18 Å². The summed E-state index contributed by atoms with van der Waals surface area (Å²) in [7, 11) is 0. The molecule has 0 saturated heterocycles. The van der Waals surface area contributed by atoms with E-state index in [1.165, 1.54) is 0 Å². The van der Waals surface area contributed by atoms with Crippen molar-refractivity contribution in [2.45, 2.75) is 19.8 Å². The van der Waals surface area contributed by atoms with E-state index in [1.54, 1.807) is 23.5 Å². The number of fused-ring (bicyclic) bond motifs is 1. The van der Waals surface area contributed by atoms with Gasteiger partial charge in [-0.1, -0.05) is 6.92 Å². The second-order valence-electron chi connectivity index (χ2n) is 5.39. The highest BCUT2D eigenvalue weighted by atomic mass is 32.1. The lowest BCUT2D eigenvalue weighted by Gasteiger charge is -2.27. The molecule has 1 aromatic heterocycles. The van der Waals surface area contributed by atoms with Crippen LogP contribution in [0.25, 0.3) is 0 Å². The second kappa shape index (κ2) is 6.96. The summed E-state index contributed by atoms with van der Waals surface area (Å²) < 4.78 is 18.2. The number of rotatable bonds is 5. The minimum absolute atomic E-state index is 0.0261. The van der Waals surface area contributed by atoms with Crippen LogP contribution in [0.15, 0.2) is 47.6 Å². The third kappa shape index (κ3) is 3.29. The molecule has 1 amide bonds. The molecule has 23 heavy (non-hydrogen) atoms. The smallest absolute Gasteiger partial charge is 0.259 e. The van der Waals surface area contributed by atoms with Crippen LogP contribution in [0.5, 0.6) is 5.75 Å². The zero-order chi connectivity index (χ0) is 16.2. The molecule has 0 saturated carbocycles. The Morgan fingerprint density at radius 3 is 3.00 bits per heavy atom. The summed E-state index contributed by atoms with van der Waals surface area (Å²) in [5.41, 5.74) is 2.32. The van der Waals surface area contributed by atoms with Crippen LogP contribution in [-0.4, -0.2) is 19.1 Å². The van der Waals surface area contributed by atoms with E-state index >= 15 is 0 Å². The number of anilines is 1. The topological polar surface area (TPSA) is 29.5 Å². The first kappa shape index (κ1) is 15.7. The van der Waals surface area contributed by atoms with E-state index in [0.717, 1.165) is 17.0 Å². The number of nitrogens with zero attached hydrogens (tertiary/aromatic N) is 1. The van der Waals surface area contributed by atoms with Gasteiger partial charge in [-0.2, -0.15) is 0 Å². The fourth-order valence-corrected chi connectivity index (χ4v) is 3.33. The van der Waals surface area contributed by atoms with Gasteiger partial charge >= 0.3 is 0 Å². The van der Waals surface area contributed by atoms with Gasteiger partial charge in [0.05, 0.1) is 11.3 Å². The standard InChI is InChI=1S/C18H18FNO2S/c1-2-13(11-19)12-22-15-5-6-16-14(10-15)7-8-20(18(16)21)17-4-3-9-23-17/h3-6,9-11H,2,7-8,12H2,1H3/b13-11+. The monoisotopic (exact) mass is 331 g/mol. The predicted molar refractivity (Wildman–Crippen MR) is 91.1 cm³/mol. The molecular formula is C18H18FNO2S. The second-order valence-corrected chi connectivity index (χ2v) is 6.31. The molecule has 0 aliphatic carbocycles. The summed E-state index contributed by atoms with van der Waals surface area (Å²) in [6, 6.07) is 9.38. The molecule has 1 aliphatic heterocycles.